The molecule has 6 nitrogen and oxygen atoms in total. The van der Waals surface area contributed by atoms with Gasteiger partial charge in [0.2, 0.25) is 5.91 Å². The molecule has 0 aliphatic carbocycles. The number of rotatable bonds is 7. The lowest BCUT2D eigenvalue weighted by molar-refractivity contribution is -0.121. The second-order valence-electron chi connectivity index (χ2n) is 5.96. The fourth-order valence-electron chi connectivity index (χ4n) is 2.86. The lowest BCUT2D eigenvalue weighted by atomic mass is 10.0. The molecule has 1 aromatic carbocycles. The number of halogens is 1. The van der Waals surface area contributed by atoms with Crippen LogP contribution in [0.4, 0.5) is 0 Å². The molecular formula is C19H20BrN3O3S. The summed E-state index contributed by atoms with van der Waals surface area (Å²) in [6.07, 6.45) is 2.26. The van der Waals surface area contributed by atoms with Crippen molar-refractivity contribution in [2.75, 3.05) is 20.3 Å². The number of hydrogen-bond acceptors (Lipinski definition) is 5. The van der Waals surface area contributed by atoms with E-state index < -0.39 is 0 Å². The van der Waals surface area contributed by atoms with Gasteiger partial charge in [0.15, 0.2) is 0 Å². The van der Waals surface area contributed by atoms with Crippen molar-refractivity contribution < 1.29 is 9.53 Å². The van der Waals surface area contributed by atoms with E-state index in [0.29, 0.717) is 23.4 Å². The highest BCUT2D eigenvalue weighted by Gasteiger charge is 2.19. The van der Waals surface area contributed by atoms with Crippen LogP contribution in [0, 0.1) is 0 Å². The molecule has 1 N–H and O–H groups in total. The Labute approximate surface area is 169 Å². The Morgan fingerprint density at radius 1 is 1.33 bits per heavy atom. The molecule has 3 rings (SSSR count). The maximum absolute atomic E-state index is 13.1. The highest BCUT2D eigenvalue weighted by molar-refractivity contribution is 9.10. The normalized spacial score (nSPS) is 11.1. The van der Waals surface area contributed by atoms with Gasteiger partial charge < -0.3 is 10.1 Å². The summed E-state index contributed by atoms with van der Waals surface area (Å²) in [5.41, 5.74) is 1.69. The lowest BCUT2D eigenvalue weighted by Gasteiger charge is -2.08. The van der Waals surface area contributed by atoms with Crippen LogP contribution in [0.2, 0.25) is 0 Å². The third-order valence-corrected chi connectivity index (χ3v) is 5.92. The molecule has 0 radical (unpaired) electrons. The molecule has 0 saturated heterocycles. The fourth-order valence-corrected chi connectivity index (χ4v) is 4.21. The van der Waals surface area contributed by atoms with Crippen molar-refractivity contribution in [3.05, 3.63) is 50.3 Å². The Morgan fingerprint density at radius 2 is 2.07 bits per heavy atom. The van der Waals surface area contributed by atoms with Crippen LogP contribution >= 0.6 is 27.3 Å². The molecule has 2 aromatic heterocycles. The molecule has 3 aromatic rings. The molecule has 0 aliphatic rings. The Bertz CT molecular complexity index is 1010. The van der Waals surface area contributed by atoms with Gasteiger partial charge in [0, 0.05) is 28.6 Å². The average molecular weight is 450 g/mol. The minimum atomic E-state index is -0.244. The molecule has 0 fully saturated rings. The summed E-state index contributed by atoms with van der Waals surface area (Å²) in [6, 6.07) is 7.88. The van der Waals surface area contributed by atoms with E-state index in [1.54, 1.807) is 7.11 Å². The van der Waals surface area contributed by atoms with E-state index in [4.69, 9.17) is 4.74 Å². The van der Waals surface area contributed by atoms with Gasteiger partial charge in [-0.2, -0.15) is 0 Å². The summed E-state index contributed by atoms with van der Waals surface area (Å²) in [7, 11) is 1.57. The first-order chi connectivity index (χ1) is 13.0. The van der Waals surface area contributed by atoms with E-state index in [2.05, 4.69) is 33.2 Å². The molecular weight excluding hydrogens is 430 g/mol. The summed E-state index contributed by atoms with van der Waals surface area (Å²) < 4.78 is 7.25. The zero-order valence-electron chi connectivity index (χ0n) is 15.1. The molecule has 0 atom stereocenters. The molecule has 0 unspecified atom stereocenters. The van der Waals surface area contributed by atoms with Crippen molar-refractivity contribution in [1.82, 2.24) is 14.9 Å². The van der Waals surface area contributed by atoms with Gasteiger partial charge in [0.05, 0.1) is 18.3 Å². The number of thiophene rings is 1. The van der Waals surface area contributed by atoms with Gasteiger partial charge in [0.25, 0.3) is 5.56 Å². The number of fused-ring (bicyclic) bond motifs is 1. The predicted molar refractivity (Wildman–Crippen MR) is 111 cm³/mol. The van der Waals surface area contributed by atoms with Gasteiger partial charge in [-0.25, -0.2) is 4.98 Å². The second kappa shape index (κ2) is 8.77. The third-order valence-electron chi connectivity index (χ3n) is 4.15. The van der Waals surface area contributed by atoms with Crippen LogP contribution in [0.25, 0.3) is 21.3 Å². The Kier molecular flexibility index (Phi) is 6.41. The quantitative estimate of drug-likeness (QED) is 0.562. The van der Waals surface area contributed by atoms with Gasteiger partial charge in [-0.15, -0.1) is 11.3 Å². The highest BCUT2D eigenvalue weighted by atomic mass is 79.9. The predicted octanol–water partition coefficient (Wildman–Crippen LogP) is 3.21. The second-order valence-corrected chi connectivity index (χ2v) is 7.96. The number of carbonyl (C=O) groups is 1. The summed E-state index contributed by atoms with van der Waals surface area (Å²) in [4.78, 5) is 31.4. The molecule has 0 saturated carbocycles. The number of hydrogen-bond donors (Lipinski definition) is 1. The number of amides is 1. The largest absolute Gasteiger partial charge is 0.383 e. The van der Waals surface area contributed by atoms with Crippen LogP contribution in [0.3, 0.4) is 0 Å². The topological polar surface area (TPSA) is 73.2 Å². The Hall–Kier alpha value is -2.03. The van der Waals surface area contributed by atoms with Gasteiger partial charge in [-0.05, 0) is 24.1 Å². The van der Waals surface area contributed by atoms with Crippen LogP contribution in [-0.2, 0) is 22.5 Å². The Balaban J connectivity index is 2.04. The highest BCUT2D eigenvalue weighted by Crippen LogP contribution is 2.36. The molecule has 0 spiro atoms. The van der Waals surface area contributed by atoms with Gasteiger partial charge in [0.1, 0.15) is 11.4 Å². The van der Waals surface area contributed by atoms with Crippen molar-refractivity contribution in [1.29, 1.82) is 0 Å². The summed E-state index contributed by atoms with van der Waals surface area (Å²) in [5.74, 6) is -0.244. The van der Waals surface area contributed by atoms with Crippen molar-refractivity contribution >= 4 is 43.4 Å². The van der Waals surface area contributed by atoms with Crippen molar-refractivity contribution in [3.63, 3.8) is 0 Å². The molecule has 0 aliphatic heterocycles. The smallest absolute Gasteiger partial charge is 0.263 e. The van der Waals surface area contributed by atoms with E-state index in [1.165, 1.54) is 22.2 Å². The van der Waals surface area contributed by atoms with Gasteiger partial charge in [-0.1, -0.05) is 35.0 Å². The lowest BCUT2D eigenvalue weighted by Crippen LogP contribution is -2.34. The average Bonchev–Trinajstić information content (AvgIpc) is 3.04. The van der Waals surface area contributed by atoms with Crippen LogP contribution < -0.4 is 10.9 Å². The first-order valence-corrected chi connectivity index (χ1v) is 10.2. The summed E-state index contributed by atoms with van der Waals surface area (Å²) >= 11 is 4.97. The third kappa shape index (κ3) is 4.28. The minimum Gasteiger partial charge on any atom is -0.383 e. The summed E-state index contributed by atoms with van der Waals surface area (Å²) in [6.45, 7) is 2.83. The molecule has 27 heavy (non-hydrogen) atoms. The first kappa shape index (κ1) is 19.7. The minimum absolute atomic E-state index is 0.0669. The molecule has 2 heterocycles. The van der Waals surface area contributed by atoms with Gasteiger partial charge in [-0.3, -0.25) is 14.2 Å². The number of carbonyl (C=O) groups excluding carboxylic acids is 1. The number of aromatic nitrogens is 2. The monoisotopic (exact) mass is 449 g/mol. The zero-order chi connectivity index (χ0) is 19.4. The zero-order valence-corrected chi connectivity index (χ0v) is 17.5. The van der Waals surface area contributed by atoms with E-state index >= 15 is 0 Å². The van der Waals surface area contributed by atoms with Crippen molar-refractivity contribution in [2.45, 2.75) is 19.9 Å². The molecule has 142 valence electrons. The molecule has 8 heteroatoms. The number of methoxy groups -OCH3 is 1. The van der Waals surface area contributed by atoms with Gasteiger partial charge >= 0.3 is 0 Å². The maximum atomic E-state index is 13.1. The summed E-state index contributed by atoms with van der Waals surface area (Å²) in [5, 5.41) is 3.30. The maximum Gasteiger partial charge on any atom is 0.263 e. The fraction of sp³-hybridized carbons (Fsp3) is 0.316. The molecule has 0 bridgehead atoms. The SMILES string of the molecule is CCc1sc2ncn(CC(=O)NCCOC)c(=O)c2c1-c1ccc(Br)cc1. The van der Waals surface area contributed by atoms with Crippen LogP contribution in [0.5, 0.6) is 0 Å². The van der Waals surface area contributed by atoms with Crippen molar-refractivity contribution in [2.24, 2.45) is 0 Å². The number of ether oxygens (including phenoxy) is 1. The van der Waals surface area contributed by atoms with Crippen LogP contribution in [0.1, 0.15) is 11.8 Å². The van der Waals surface area contributed by atoms with E-state index in [-0.39, 0.29) is 18.0 Å². The number of nitrogens with one attached hydrogen (secondary N) is 1. The standard InChI is InChI=1S/C19H20BrN3O3S/c1-3-14-16(12-4-6-13(20)7-5-12)17-18(27-14)22-11-23(19(17)25)10-15(24)21-8-9-26-2/h4-7,11H,3,8-10H2,1-2H3,(H,21,24). The van der Waals surface area contributed by atoms with Crippen LogP contribution in [-0.4, -0.2) is 35.7 Å². The van der Waals surface area contributed by atoms with E-state index in [1.807, 2.05) is 24.3 Å². The number of nitrogens with zero attached hydrogens (tertiary/aromatic N) is 2. The molecule has 1 amide bonds. The number of aryl methyl sites for hydroxylation is 1. The number of benzene rings is 1. The van der Waals surface area contributed by atoms with Crippen LogP contribution in [0.15, 0.2) is 39.9 Å². The first-order valence-electron chi connectivity index (χ1n) is 8.57. The van der Waals surface area contributed by atoms with E-state index in [9.17, 15) is 9.59 Å². The van der Waals surface area contributed by atoms with E-state index in [0.717, 1.165) is 26.9 Å². The Morgan fingerprint density at radius 3 is 2.74 bits per heavy atom. The van der Waals surface area contributed by atoms with Crippen molar-refractivity contribution in [3.8, 4) is 11.1 Å².